The molecule has 7 nitrogen and oxygen atoms in total. The van der Waals surface area contributed by atoms with Gasteiger partial charge in [-0.3, -0.25) is 24.6 Å². The summed E-state index contributed by atoms with van der Waals surface area (Å²) in [5.41, 5.74) is 4.11. The van der Waals surface area contributed by atoms with Gasteiger partial charge in [-0.25, -0.2) is 0 Å². The number of nitro benzene ring substituents is 1. The third-order valence-electron chi connectivity index (χ3n) is 6.39. The molecule has 2 aromatic rings. The molecule has 2 aromatic carbocycles. The van der Waals surface area contributed by atoms with Gasteiger partial charge in [-0.2, -0.15) is 0 Å². The number of carbonyl (C=O) groups excluding carboxylic acids is 2. The van der Waals surface area contributed by atoms with Crippen molar-refractivity contribution in [2.24, 2.45) is 0 Å². The first kappa shape index (κ1) is 23.0. The van der Waals surface area contributed by atoms with Gasteiger partial charge in [0.25, 0.3) is 16.8 Å². The van der Waals surface area contributed by atoms with E-state index in [1.54, 1.807) is 18.2 Å². The van der Waals surface area contributed by atoms with Crippen molar-refractivity contribution in [2.75, 3.05) is 11.4 Å². The van der Waals surface area contributed by atoms with Crippen LogP contribution in [0.2, 0.25) is 0 Å². The zero-order valence-corrected chi connectivity index (χ0v) is 20.0. The molecule has 2 aliphatic rings. The van der Waals surface area contributed by atoms with Gasteiger partial charge in [-0.1, -0.05) is 25.1 Å². The Labute approximate surface area is 197 Å². The second-order valence-corrected chi connectivity index (χ2v) is 10.2. The summed E-state index contributed by atoms with van der Waals surface area (Å²) in [6, 6.07) is 12.1. The number of thioether (sulfide) groups is 1. The Bertz CT molecular complexity index is 1160. The van der Waals surface area contributed by atoms with Gasteiger partial charge in [-0.15, -0.1) is 0 Å². The molecule has 0 radical (unpaired) electrons. The fraction of sp³-hybridized carbons (Fsp3) is 0.360. The van der Waals surface area contributed by atoms with Gasteiger partial charge >= 0.3 is 0 Å². The average Bonchev–Trinajstić information content (AvgIpc) is 3.01. The van der Waals surface area contributed by atoms with E-state index in [-0.39, 0.29) is 28.9 Å². The van der Waals surface area contributed by atoms with Crippen LogP contribution >= 0.6 is 11.8 Å². The Hall–Kier alpha value is -3.13. The van der Waals surface area contributed by atoms with Gasteiger partial charge in [-0.05, 0) is 79.8 Å². The van der Waals surface area contributed by atoms with E-state index in [1.165, 1.54) is 28.3 Å². The fourth-order valence-corrected chi connectivity index (χ4v) is 5.73. The quantitative estimate of drug-likeness (QED) is 0.308. The van der Waals surface area contributed by atoms with Crippen LogP contribution in [0.4, 0.5) is 16.2 Å². The molecule has 1 saturated heterocycles. The summed E-state index contributed by atoms with van der Waals surface area (Å²) in [7, 11) is 0. The maximum atomic E-state index is 12.9. The number of imide groups is 1. The molecule has 1 fully saturated rings. The lowest BCUT2D eigenvalue weighted by molar-refractivity contribution is -0.384. The predicted octanol–water partition coefficient (Wildman–Crippen LogP) is 5.94. The second kappa shape index (κ2) is 8.67. The number of nitro groups is 1. The number of fused-ring (bicyclic) bond motifs is 1. The maximum Gasteiger partial charge on any atom is 0.293 e. The first-order chi connectivity index (χ1) is 15.6. The van der Waals surface area contributed by atoms with E-state index in [0.717, 1.165) is 30.3 Å². The largest absolute Gasteiger partial charge is 0.366 e. The SMILES string of the molecule is CCN1c2ccc(/C=C3/SC(=O)N(Cc4ccc([N+](=O)[O-])cc4)C3=O)cc2C(C)CC1(C)C. The lowest BCUT2D eigenvalue weighted by Gasteiger charge is -2.47. The molecule has 2 amide bonds. The van der Waals surface area contributed by atoms with Gasteiger partial charge in [0.05, 0.1) is 16.4 Å². The highest BCUT2D eigenvalue weighted by Crippen LogP contribution is 2.44. The summed E-state index contributed by atoms with van der Waals surface area (Å²) in [5.74, 6) is 0.0498. The molecule has 0 saturated carbocycles. The van der Waals surface area contributed by atoms with Crippen LogP contribution in [-0.4, -0.2) is 33.1 Å². The number of benzene rings is 2. The lowest BCUT2D eigenvalue weighted by Crippen LogP contribution is -2.48. The summed E-state index contributed by atoms with van der Waals surface area (Å²) in [5, 5.41) is 10.5. The van der Waals surface area contributed by atoms with Crippen LogP contribution in [-0.2, 0) is 11.3 Å². The molecule has 1 atom stereocenters. The zero-order valence-electron chi connectivity index (χ0n) is 19.2. The van der Waals surface area contributed by atoms with E-state index in [2.05, 4.69) is 44.7 Å². The van der Waals surface area contributed by atoms with Crippen LogP contribution in [0.1, 0.15) is 56.7 Å². The standard InChI is InChI=1S/C25H27N3O4S/c1-5-27-21-11-8-18(12-20(21)16(2)14-25(27,3)4)13-22-23(29)26(24(30)33-22)15-17-6-9-19(10-7-17)28(31)32/h6-13,16H,5,14-15H2,1-4H3/b22-13+. The third kappa shape index (κ3) is 4.39. The summed E-state index contributed by atoms with van der Waals surface area (Å²) in [6.45, 7) is 9.94. The number of non-ortho nitro benzene ring substituents is 1. The third-order valence-corrected chi connectivity index (χ3v) is 7.29. The number of hydrogen-bond acceptors (Lipinski definition) is 6. The molecule has 0 bridgehead atoms. The Morgan fingerprint density at radius 2 is 1.88 bits per heavy atom. The monoisotopic (exact) mass is 465 g/mol. The molecule has 0 N–H and O–H groups in total. The van der Waals surface area contributed by atoms with Crippen molar-refractivity contribution in [3.8, 4) is 0 Å². The number of amides is 2. The number of nitrogens with zero attached hydrogens (tertiary/aromatic N) is 3. The Balaban J connectivity index is 1.56. The van der Waals surface area contributed by atoms with Crippen molar-refractivity contribution in [3.63, 3.8) is 0 Å². The highest BCUT2D eigenvalue weighted by molar-refractivity contribution is 8.18. The maximum absolute atomic E-state index is 12.9. The molecule has 2 aliphatic heterocycles. The zero-order chi connectivity index (χ0) is 23.9. The minimum Gasteiger partial charge on any atom is -0.366 e. The summed E-state index contributed by atoms with van der Waals surface area (Å²) >= 11 is 0.927. The van der Waals surface area contributed by atoms with E-state index in [0.29, 0.717) is 16.4 Å². The van der Waals surface area contributed by atoms with Crippen LogP contribution in [0.3, 0.4) is 0 Å². The minimum atomic E-state index is -0.479. The highest BCUT2D eigenvalue weighted by Gasteiger charge is 2.37. The van der Waals surface area contributed by atoms with Crippen molar-refractivity contribution in [3.05, 3.63) is 74.2 Å². The van der Waals surface area contributed by atoms with Crippen LogP contribution in [0.25, 0.3) is 6.08 Å². The van der Waals surface area contributed by atoms with Crippen molar-refractivity contribution in [1.29, 1.82) is 0 Å². The molecule has 0 aromatic heterocycles. The molecule has 33 heavy (non-hydrogen) atoms. The normalized spacial score (nSPS) is 21.0. The first-order valence-corrected chi connectivity index (χ1v) is 11.8. The minimum absolute atomic E-state index is 0.0283. The molecular weight excluding hydrogens is 438 g/mol. The lowest BCUT2D eigenvalue weighted by atomic mass is 9.79. The molecule has 0 spiro atoms. The van der Waals surface area contributed by atoms with Crippen molar-refractivity contribution >= 4 is 40.4 Å². The number of carbonyl (C=O) groups is 2. The molecule has 172 valence electrons. The Morgan fingerprint density at radius 3 is 2.52 bits per heavy atom. The van der Waals surface area contributed by atoms with E-state index >= 15 is 0 Å². The number of rotatable bonds is 5. The first-order valence-electron chi connectivity index (χ1n) is 11.0. The van der Waals surface area contributed by atoms with Gasteiger partial charge in [0.15, 0.2) is 0 Å². The van der Waals surface area contributed by atoms with Crippen molar-refractivity contribution in [1.82, 2.24) is 4.90 Å². The smallest absolute Gasteiger partial charge is 0.293 e. The van der Waals surface area contributed by atoms with E-state index in [4.69, 9.17) is 0 Å². The summed E-state index contributed by atoms with van der Waals surface area (Å²) in [4.78, 5) is 39.8. The van der Waals surface area contributed by atoms with E-state index in [9.17, 15) is 19.7 Å². The predicted molar refractivity (Wildman–Crippen MR) is 131 cm³/mol. The van der Waals surface area contributed by atoms with Crippen molar-refractivity contribution < 1.29 is 14.5 Å². The molecule has 1 unspecified atom stereocenters. The second-order valence-electron chi connectivity index (χ2n) is 9.17. The average molecular weight is 466 g/mol. The van der Waals surface area contributed by atoms with Gasteiger partial charge < -0.3 is 4.90 Å². The molecule has 0 aliphatic carbocycles. The molecular formula is C25H27N3O4S. The molecule has 4 rings (SSSR count). The van der Waals surface area contributed by atoms with Crippen LogP contribution < -0.4 is 4.90 Å². The van der Waals surface area contributed by atoms with Crippen molar-refractivity contribution in [2.45, 2.75) is 52.1 Å². The summed E-state index contributed by atoms with van der Waals surface area (Å²) in [6.07, 6.45) is 2.83. The number of hydrogen-bond donors (Lipinski definition) is 0. The van der Waals surface area contributed by atoms with Gasteiger partial charge in [0.2, 0.25) is 0 Å². The van der Waals surface area contributed by atoms with Crippen LogP contribution in [0.15, 0.2) is 47.4 Å². The van der Waals surface area contributed by atoms with E-state index < -0.39 is 4.92 Å². The fourth-order valence-electron chi connectivity index (χ4n) is 4.89. The van der Waals surface area contributed by atoms with Crippen LogP contribution in [0, 0.1) is 10.1 Å². The summed E-state index contributed by atoms with van der Waals surface area (Å²) < 4.78 is 0. The molecule has 8 heteroatoms. The number of anilines is 1. The Morgan fingerprint density at radius 1 is 1.18 bits per heavy atom. The molecule has 2 heterocycles. The topological polar surface area (TPSA) is 83.8 Å². The van der Waals surface area contributed by atoms with Gasteiger partial charge in [0, 0.05) is 29.9 Å². The van der Waals surface area contributed by atoms with E-state index in [1.807, 2.05) is 6.07 Å². The Kier molecular flexibility index (Phi) is 6.05. The van der Waals surface area contributed by atoms with Gasteiger partial charge in [0.1, 0.15) is 0 Å². The highest BCUT2D eigenvalue weighted by atomic mass is 32.2. The van der Waals surface area contributed by atoms with Crippen LogP contribution in [0.5, 0.6) is 0 Å².